The molecule has 17 heavy (non-hydrogen) atoms. The molecule has 0 amide bonds. The van der Waals surface area contributed by atoms with Gasteiger partial charge in [-0.1, -0.05) is 0 Å². The predicted molar refractivity (Wildman–Crippen MR) is 61.9 cm³/mol. The number of aryl methyl sites for hydroxylation is 1. The van der Waals surface area contributed by atoms with Crippen molar-refractivity contribution in [3.05, 3.63) is 41.8 Å². The Hall–Kier alpha value is -1.68. The maximum Gasteiger partial charge on any atom is 0.123 e. The summed E-state index contributed by atoms with van der Waals surface area (Å²) in [6.45, 7) is 2.28. The standard InChI is InChI=1S/C13H13FN2O/c14-11-4-2-10(3-5-11)13-8-12-9-17-7-1-6-16(12)15-13/h2-5,8H,1,6-7,9H2. The summed E-state index contributed by atoms with van der Waals surface area (Å²) in [5.74, 6) is -0.224. The summed E-state index contributed by atoms with van der Waals surface area (Å²) in [5.41, 5.74) is 2.90. The zero-order valence-electron chi connectivity index (χ0n) is 9.40. The zero-order valence-corrected chi connectivity index (χ0v) is 9.40. The monoisotopic (exact) mass is 232 g/mol. The van der Waals surface area contributed by atoms with E-state index in [0.29, 0.717) is 6.61 Å². The fraction of sp³-hybridized carbons (Fsp3) is 0.308. The molecule has 0 unspecified atom stereocenters. The molecule has 0 aliphatic carbocycles. The van der Waals surface area contributed by atoms with E-state index in [1.807, 2.05) is 10.7 Å². The summed E-state index contributed by atoms with van der Waals surface area (Å²) in [5, 5.41) is 4.52. The third kappa shape index (κ3) is 2.08. The quantitative estimate of drug-likeness (QED) is 0.755. The van der Waals surface area contributed by atoms with Crippen LogP contribution >= 0.6 is 0 Å². The first-order valence-electron chi connectivity index (χ1n) is 5.73. The molecule has 0 radical (unpaired) electrons. The van der Waals surface area contributed by atoms with Gasteiger partial charge in [-0.3, -0.25) is 4.68 Å². The van der Waals surface area contributed by atoms with Gasteiger partial charge in [-0.15, -0.1) is 0 Å². The molecule has 0 saturated heterocycles. The van der Waals surface area contributed by atoms with Crippen molar-refractivity contribution in [3.63, 3.8) is 0 Å². The van der Waals surface area contributed by atoms with Crippen LogP contribution in [0.15, 0.2) is 30.3 Å². The van der Waals surface area contributed by atoms with Gasteiger partial charge in [0.05, 0.1) is 18.0 Å². The number of fused-ring (bicyclic) bond motifs is 1. The molecule has 0 spiro atoms. The Labute approximate surface area is 98.8 Å². The second kappa shape index (κ2) is 4.30. The van der Waals surface area contributed by atoms with Crippen molar-refractivity contribution in [1.82, 2.24) is 9.78 Å². The molecule has 0 bridgehead atoms. The number of nitrogens with zero attached hydrogens (tertiary/aromatic N) is 2. The van der Waals surface area contributed by atoms with Crippen molar-refractivity contribution >= 4 is 0 Å². The van der Waals surface area contributed by atoms with Gasteiger partial charge >= 0.3 is 0 Å². The first-order chi connectivity index (χ1) is 8.33. The van der Waals surface area contributed by atoms with E-state index in [9.17, 15) is 4.39 Å². The highest BCUT2D eigenvalue weighted by Crippen LogP contribution is 2.21. The number of hydrogen-bond donors (Lipinski definition) is 0. The predicted octanol–water partition coefficient (Wildman–Crippen LogP) is 2.61. The summed E-state index contributed by atoms with van der Waals surface area (Å²) < 4.78 is 20.3. The topological polar surface area (TPSA) is 27.1 Å². The molecule has 0 N–H and O–H groups in total. The molecule has 0 saturated carbocycles. The number of hydrogen-bond acceptors (Lipinski definition) is 2. The Morgan fingerprint density at radius 3 is 2.88 bits per heavy atom. The molecule has 2 aromatic rings. The van der Waals surface area contributed by atoms with Crippen LogP contribution in [0.4, 0.5) is 4.39 Å². The Morgan fingerprint density at radius 1 is 1.24 bits per heavy atom. The van der Waals surface area contributed by atoms with Crippen LogP contribution < -0.4 is 0 Å². The van der Waals surface area contributed by atoms with E-state index < -0.39 is 0 Å². The van der Waals surface area contributed by atoms with Crippen LogP contribution in [-0.4, -0.2) is 16.4 Å². The molecule has 4 heteroatoms. The van der Waals surface area contributed by atoms with E-state index in [4.69, 9.17) is 4.74 Å². The largest absolute Gasteiger partial charge is 0.375 e. The summed E-state index contributed by atoms with van der Waals surface area (Å²) in [6.07, 6.45) is 0.984. The van der Waals surface area contributed by atoms with Gasteiger partial charge < -0.3 is 4.74 Å². The lowest BCUT2D eigenvalue weighted by Crippen LogP contribution is -2.01. The third-order valence-electron chi connectivity index (χ3n) is 2.91. The van der Waals surface area contributed by atoms with E-state index in [-0.39, 0.29) is 5.82 Å². The maximum absolute atomic E-state index is 12.8. The van der Waals surface area contributed by atoms with E-state index in [0.717, 1.165) is 36.5 Å². The number of ether oxygens (including phenoxy) is 1. The fourth-order valence-electron chi connectivity index (χ4n) is 2.02. The second-order valence-corrected chi connectivity index (χ2v) is 4.16. The number of aromatic nitrogens is 2. The molecule has 88 valence electrons. The smallest absolute Gasteiger partial charge is 0.123 e. The van der Waals surface area contributed by atoms with Crippen LogP contribution in [0.5, 0.6) is 0 Å². The SMILES string of the molecule is Fc1ccc(-c2cc3n(n2)CCCOC3)cc1. The van der Waals surface area contributed by atoms with Crippen LogP contribution in [-0.2, 0) is 17.9 Å². The molecular formula is C13H13FN2O. The summed E-state index contributed by atoms with van der Waals surface area (Å²) in [7, 11) is 0. The number of rotatable bonds is 1. The Balaban J connectivity index is 1.96. The zero-order chi connectivity index (χ0) is 11.7. The van der Waals surface area contributed by atoms with Crippen molar-refractivity contribution < 1.29 is 9.13 Å². The van der Waals surface area contributed by atoms with E-state index in [2.05, 4.69) is 5.10 Å². The van der Waals surface area contributed by atoms with Crippen molar-refractivity contribution in [3.8, 4) is 11.3 Å². The molecule has 1 aromatic heterocycles. The minimum Gasteiger partial charge on any atom is -0.375 e. The lowest BCUT2D eigenvalue weighted by Gasteiger charge is -1.99. The van der Waals surface area contributed by atoms with Crippen LogP contribution in [0.3, 0.4) is 0 Å². The van der Waals surface area contributed by atoms with E-state index in [1.54, 1.807) is 12.1 Å². The average Bonchev–Trinajstić information content (AvgIpc) is 2.62. The van der Waals surface area contributed by atoms with Crippen LogP contribution in [0, 0.1) is 5.82 Å². The normalized spacial score (nSPS) is 15.4. The highest BCUT2D eigenvalue weighted by molar-refractivity contribution is 5.59. The minimum absolute atomic E-state index is 0.224. The van der Waals surface area contributed by atoms with E-state index in [1.165, 1.54) is 12.1 Å². The molecule has 1 aliphatic rings. The van der Waals surface area contributed by atoms with Gasteiger partial charge in [0, 0.05) is 18.7 Å². The molecule has 1 aromatic carbocycles. The number of benzene rings is 1. The van der Waals surface area contributed by atoms with Gasteiger partial charge in [0.25, 0.3) is 0 Å². The van der Waals surface area contributed by atoms with Gasteiger partial charge in [-0.05, 0) is 36.8 Å². The van der Waals surface area contributed by atoms with Gasteiger partial charge in [-0.25, -0.2) is 4.39 Å². The summed E-state index contributed by atoms with van der Waals surface area (Å²) in [6, 6.07) is 8.42. The Bertz CT molecular complexity index is 495. The van der Waals surface area contributed by atoms with Gasteiger partial charge in [-0.2, -0.15) is 5.10 Å². The highest BCUT2D eigenvalue weighted by Gasteiger charge is 2.12. The van der Waals surface area contributed by atoms with Crippen LogP contribution in [0.1, 0.15) is 12.1 Å². The first kappa shape index (κ1) is 10.5. The number of halogens is 1. The minimum atomic E-state index is -0.224. The first-order valence-corrected chi connectivity index (χ1v) is 5.73. The van der Waals surface area contributed by atoms with Crippen molar-refractivity contribution in [2.75, 3.05) is 6.61 Å². The highest BCUT2D eigenvalue weighted by atomic mass is 19.1. The average molecular weight is 232 g/mol. The molecule has 3 rings (SSSR count). The fourth-order valence-corrected chi connectivity index (χ4v) is 2.02. The van der Waals surface area contributed by atoms with Gasteiger partial charge in [0.1, 0.15) is 5.82 Å². The second-order valence-electron chi connectivity index (χ2n) is 4.16. The molecule has 1 aliphatic heterocycles. The lowest BCUT2D eigenvalue weighted by molar-refractivity contribution is 0.125. The molecule has 0 atom stereocenters. The third-order valence-corrected chi connectivity index (χ3v) is 2.91. The maximum atomic E-state index is 12.8. The van der Waals surface area contributed by atoms with Gasteiger partial charge in [0.2, 0.25) is 0 Å². The molecule has 0 fully saturated rings. The van der Waals surface area contributed by atoms with Crippen molar-refractivity contribution in [1.29, 1.82) is 0 Å². The molecular weight excluding hydrogens is 219 g/mol. The lowest BCUT2D eigenvalue weighted by atomic mass is 10.1. The van der Waals surface area contributed by atoms with Gasteiger partial charge in [0.15, 0.2) is 0 Å². The van der Waals surface area contributed by atoms with Crippen LogP contribution in [0.25, 0.3) is 11.3 Å². The Kier molecular flexibility index (Phi) is 2.65. The van der Waals surface area contributed by atoms with Crippen molar-refractivity contribution in [2.45, 2.75) is 19.6 Å². The summed E-state index contributed by atoms with van der Waals surface area (Å²) >= 11 is 0. The molecule has 3 nitrogen and oxygen atoms in total. The molecule has 2 heterocycles. The van der Waals surface area contributed by atoms with E-state index >= 15 is 0 Å². The summed E-state index contributed by atoms with van der Waals surface area (Å²) in [4.78, 5) is 0. The van der Waals surface area contributed by atoms with Crippen LogP contribution in [0.2, 0.25) is 0 Å². The Morgan fingerprint density at radius 2 is 2.06 bits per heavy atom. The van der Waals surface area contributed by atoms with Crippen molar-refractivity contribution in [2.24, 2.45) is 0 Å².